The Morgan fingerprint density at radius 1 is 1.26 bits per heavy atom. The van der Waals surface area contributed by atoms with Gasteiger partial charge in [0.25, 0.3) is 0 Å². The number of carbonyl (C=O) groups is 2. The molecule has 0 bridgehead atoms. The van der Waals surface area contributed by atoms with E-state index >= 15 is 0 Å². The quantitative estimate of drug-likeness (QED) is 0.446. The van der Waals surface area contributed by atoms with Crippen molar-refractivity contribution >= 4 is 23.8 Å². The first-order chi connectivity index (χ1) is 14.5. The van der Waals surface area contributed by atoms with E-state index in [1.165, 1.54) is 45.4 Å². The molecular weight excluding hydrogens is 417 g/mol. The number of nitrogens with zero attached hydrogens (tertiary/aromatic N) is 1. The smallest absolute Gasteiger partial charge is 0.416 e. The fourth-order valence-corrected chi connectivity index (χ4v) is 2.85. The van der Waals surface area contributed by atoms with E-state index in [2.05, 4.69) is 20.9 Å². The number of nitrogens with one attached hydrogen (secondary N) is 3. The van der Waals surface area contributed by atoms with E-state index in [0.29, 0.717) is 17.7 Å². The Morgan fingerprint density at radius 2 is 1.90 bits per heavy atom. The third kappa shape index (κ3) is 6.66. The van der Waals surface area contributed by atoms with Crippen molar-refractivity contribution in [3.63, 3.8) is 0 Å². The minimum Gasteiger partial charge on any atom is -0.495 e. The summed E-state index contributed by atoms with van der Waals surface area (Å²) in [6.07, 6.45) is -2.72. The highest BCUT2D eigenvalue weighted by Crippen LogP contribution is 2.32. The van der Waals surface area contributed by atoms with Gasteiger partial charge in [0.1, 0.15) is 5.75 Å². The highest BCUT2D eigenvalue weighted by Gasteiger charge is 2.32. The second-order valence-corrected chi connectivity index (χ2v) is 7.17. The Hall–Kier alpha value is -3.18. The van der Waals surface area contributed by atoms with Gasteiger partial charge in [-0.25, -0.2) is 4.98 Å². The molecule has 2 amide bonds. The van der Waals surface area contributed by atoms with Crippen LogP contribution >= 0.6 is 0 Å². The summed E-state index contributed by atoms with van der Waals surface area (Å²) in [6, 6.07) is 4.93. The van der Waals surface area contributed by atoms with Gasteiger partial charge in [0.2, 0.25) is 12.3 Å². The number of ether oxygens (including phenoxy) is 1. The van der Waals surface area contributed by atoms with Crippen molar-refractivity contribution in [3.8, 4) is 5.75 Å². The molecular formula is C20H23F3N4O4. The van der Waals surface area contributed by atoms with Crippen LogP contribution in [-0.4, -0.2) is 41.7 Å². The SMILES string of the molecule is COc1cnc(NC=O)c(NC(=O)CNC(c2ccc(C(F)(F)F)cc2)C(C)(C)O)c1. The Balaban J connectivity index is 2.14. The molecule has 1 aromatic heterocycles. The predicted octanol–water partition coefficient (Wildman–Crippen LogP) is 2.72. The Labute approximate surface area is 176 Å². The van der Waals surface area contributed by atoms with Gasteiger partial charge in [-0.2, -0.15) is 13.2 Å². The number of benzene rings is 1. The first-order valence-corrected chi connectivity index (χ1v) is 9.12. The number of amides is 2. The van der Waals surface area contributed by atoms with E-state index in [1.807, 2.05) is 0 Å². The maximum Gasteiger partial charge on any atom is 0.416 e. The molecule has 1 heterocycles. The molecule has 8 nitrogen and oxygen atoms in total. The van der Waals surface area contributed by atoms with Crippen molar-refractivity contribution in [2.24, 2.45) is 0 Å². The Morgan fingerprint density at radius 3 is 2.42 bits per heavy atom. The van der Waals surface area contributed by atoms with Crippen LogP contribution in [0.2, 0.25) is 0 Å². The standard InChI is InChI=1S/C20H23F3N4O4/c1-19(2,30)17(12-4-6-13(7-5-12)20(21,22)23)24-10-16(29)27-15-8-14(31-3)9-25-18(15)26-11-28/h4-9,11,17,24,30H,10H2,1-3H3,(H,27,29)(H,25,26,28). The molecule has 0 aliphatic rings. The summed E-state index contributed by atoms with van der Waals surface area (Å²) in [4.78, 5) is 27.1. The number of aromatic nitrogens is 1. The van der Waals surface area contributed by atoms with Crippen LogP contribution in [-0.2, 0) is 15.8 Å². The number of methoxy groups -OCH3 is 1. The number of rotatable bonds is 9. The molecule has 1 unspecified atom stereocenters. The first kappa shape index (κ1) is 24.1. The normalized spacial score (nSPS) is 12.7. The maximum atomic E-state index is 12.8. The van der Waals surface area contributed by atoms with Gasteiger partial charge >= 0.3 is 6.18 Å². The van der Waals surface area contributed by atoms with Crippen molar-refractivity contribution < 1.29 is 32.6 Å². The fourth-order valence-electron chi connectivity index (χ4n) is 2.85. The minimum absolute atomic E-state index is 0.103. The zero-order chi connectivity index (χ0) is 23.2. The topological polar surface area (TPSA) is 113 Å². The van der Waals surface area contributed by atoms with Gasteiger partial charge in [0, 0.05) is 6.07 Å². The summed E-state index contributed by atoms with van der Waals surface area (Å²) in [5.74, 6) is -0.0880. The molecule has 1 atom stereocenters. The summed E-state index contributed by atoms with van der Waals surface area (Å²) in [5.41, 5.74) is -1.64. The molecule has 0 saturated heterocycles. The number of hydrogen-bond donors (Lipinski definition) is 4. The maximum absolute atomic E-state index is 12.8. The number of alkyl halides is 3. The lowest BCUT2D eigenvalue weighted by Crippen LogP contribution is -2.42. The highest BCUT2D eigenvalue weighted by molar-refractivity contribution is 5.96. The van der Waals surface area contributed by atoms with Crippen molar-refractivity contribution in [3.05, 3.63) is 47.7 Å². The largest absolute Gasteiger partial charge is 0.495 e. The molecule has 0 aliphatic heterocycles. The van der Waals surface area contributed by atoms with Gasteiger partial charge in [-0.15, -0.1) is 0 Å². The Kier molecular flexibility index (Phi) is 7.58. The lowest BCUT2D eigenvalue weighted by Gasteiger charge is -2.31. The van der Waals surface area contributed by atoms with Crippen LogP contribution in [0.25, 0.3) is 0 Å². The second kappa shape index (κ2) is 9.75. The second-order valence-electron chi connectivity index (χ2n) is 7.17. The van der Waals surface area contributed by atoms with Crippen LogP contribution in [0.3, 0.4) is 0 Å². The van der Waals surface area contributed by atoms with Gasteiger partial charge in [0.05, 0.1) is 42.7 Å². The molecule has 2 rings (SSSR count). The van der Waals surface area contributed by atoms with E-state index in [1.54, 1.807) is 0 Å². The molecule has 11 heteroatoms. The van der Waals surface area contributed by atoms with E-state index in [-0.39, 0.29) is 18.1 Å². The molecule has 168 valence electrons. The average Bonchev–Trinajstić information content (AvgIpc) is 2.68. The number of pyridine rings is 1. The van der Waals surface area contributed by atoms with Crippen LogP contribution in [0.5, 0.6) is 5.75 Å². The van der Waals surface area contributed by atoms with E-state index in [9.17, 15) is 27.9 Å². The molecule has 4 N–H and O–H groups in total. The minimum atomic E-state index is -4.48. The zero-order valence-electron chi connectivity index (χ0n) is 17.1. The third-order valence-electron chi connectivity index (χ3n) is 4.31. The number of anilines is 2. The molecule has 0 spiro atoms. The molecule has 0 fully saturated rings. The number of hydrogen-bond acceptors (Lipinski definition) is 6. The first-order valence-electron chi connectivity index (χ1n) is 9.12. The van der Waals surface area contributed by atoms with Crippen LogP contribution in [0, 0.1) is 0 Å². The molecule has 0 aliphatic carbocycles. The summed E-state index contributed by atoms with van der Waals surface area (Å²) in [5, 5.41) is 18.2. The highest BCUT2D eigenvalue weighted by atomic mass is 19.4. The average molecular weight is 440 g/mol. The lowest BCUT2D eigenvalue weighted by atomic mass is 9.91. The van der Waals surface area contributed by atoms with Crippen molar-refractivity contribution in [2.75, 3.05) is 24.3 Å². The third-order valence-corrected chi connectivity index (χ3v) is 4.31. The molecule has 0 radical (unpaired) electrons. The Bertz CT molecular complexity index is 912. The van der Waals surface area contributed by atoms with E-state index < -0.39 is 29.3 Å². The van der Waals surface area contributed by atoms with Crippen molar-refractivity contribution in [2.45, 2.75) is 31.7 Å². The van der Waals surface area contributed by atoms with Crippen LogP contribution in [0.4, 0.5) is 24.7 Å². The summed E-state index contributed by atoms with van der Waals surface area (Å²) < 4.78 is 43.4. The number of carbonyl (C=O) groups excluding carboxylic acids is 2. The summed E-state index contributed by atoms with van der Waals surface area (Å²) >= 11 is 0. The van der Waals surface area contributed by atoms with Gasteiger partial charge in [-0.3, -0.25) is 14.9 Å². The predicted molar refractivity (Wildman–Crippen MR) is 108 cm³/mol. The summed E-state index contributed by atoms with van der Waals surface area (Å²) in [7, 11) is 1.41. The monoisotopic (exact) mass is 440 g/mol. The van der Waals surface area contributed by atoms with Crippen LogP contribution in [0.15, 0.2) is 36.5 Å². The zero-order valence-corrected chi connectivity index (χ0v) is 17.1. The molecule has 0 saturated carbocycles. The number of halogens is 3. The van der Waals surface area contributed by atoms with Gasteiger partial charge in [-0.05, 0) is 31.5 Å². The number of aliphatic hydroxyl groups is 1. The van der Waals surface area contributed by atoms with Crippen molar-refractivity contribution in [1.29, 1.82) is 0 Å². The van der Waals surface area contributed by atoms with Gasteiger partial charge < -0.3 is 20.5 Å². The fraction of sp³-hybridized carbons (Fsp3) is 0.350. The molecule has 31 heavy (non-hydrogen) atoms. The van der Waals surface area contributed by atoms with Gasteiger partial charge in [0.15, 0.2) is 5.82 Å². The lowest BCUT2D eigenvalue weighted by molar-refractivity contribution is -0.137. The molecule has 2 aromatic rings. The van der Waals surface area contributed by atoms with Crippen molar-refractivity contribution in [1.82, 2.24) is 10.3 Å². The van der Waals surface area contributed by atoms with Gasteiger partial charge in [-0.1, -0.05) is 12.1 Å². The van der Waals surface area contributed by atoms with Crippen LogP contribution in [0.1, 0.15) is 31.0 Å². The van der Waals surface area contributed by atoms with Crippen LogP contribution < -0.4 is 20.7 Å². The van der Waals surface area contributed by atoms with E-state index in [0.717, 1.165) is 12.1 Å². The molecule has 1 aromatic carbocycles. The summed E-state index contributed by atoms with van der Waals surface area (Å²) in [6.45, 7) is 2.66. The van der Waals surface area contributed by atoms with E-state index in [4.69, 9.17) is 4.74 Å².